The molecule has 0 bridgehead atoms. The molecular weight excluding hydrogens is 390 g/mol. The van der Waals surface area contributed by atoms with E-state index in [2.05, 4.69) is 34.3 Å². The van der Waals surface area contributed by atoms with Crippen LogP contribution in [0.2, 0.25) is 0 Å². The van der Waals surface area contributed by atoms with E-state index >= 15 is 0 Å². The van der Waals surface area contributed by atoms with E-state index in [1.165, 1.54) is 0 Å². The van der Waals surface area contributed by atoms with Crippen LogP contribution in [-0.2, 0) is 12.8 Å². The van der Waals surface area contributed by atoms with Gasteiger partial charge in [0.25, 0.3) is 5.91 Å². The van der Waals surface area contributed by atoms with Crippen molar-refractivity contribution in [2.45, 2.75) is 32.7 Å². The molecule has 5 rings (SSSR count). The van der Waals surface area contributed by atoms with Crippen molar-refractivity contribution in [3.05, 3.63) is 65.1 Å². The average Bonchev–Trinajstić information content (AvgIpc) is 3.40. The summed E-state index contributed by atoms with van der Waals surface area (Å²) in [7, 11) is 1.68. The number of benzene rings is 2. The van der Waals surface area contributed by atoms with E-state index in [0.29, 0.717) is 5.69 Å². The standard InChI is InChI=1S/C24H25N5O2/c1-13(2)20(23-25-17-8-4-5-9-18(17)26-23)27-24(30)22-16-12-11-14-15(21(16)28-29-22)7-6-10-19(14)31-3/h4-10,13,20H,11-12H2,1-3H3,(H,25,26)(H,27,30)(H,28,29)/t20-/m0/s1. The number of carbonyl (C=O) groups excluding carboxylic acids is 1. The topological polar surface area (TPSA) is 95.7 Å². The molecule has 158 valence electrons. The van der Waals surface area contributed by atoms with Crippen molar-refractivity contribution in [2.24, 2.45) is 5.92 Å². The maximum Gasteiger partial charge on any atom is 0.270 e. The third-order valence-corrected chi connectivity index (χ3v) is 5.98. The number of ether oxygens (including phenoxy) is 1. The molecule has 31 heavy (non-hydrogen) atoms. The van der Waals surface area contributed by atoms with Gasteiger partial charge in [-0.1, -0.05) is 38.1 Å². The number of aromatic amines is 2. The summed E-state index contributed by atoms with van der Waals surface area (Å²) in [6, 6.07) is 13.6. The van der Waals surface area contributed by atoms with Gasteiger partial charge in [0, 0.05) is 16.7 Å². The van der Waals surface area contributed by atoms with E-state index in [-0.39, 0.29) is 17.9 Å². The summed E-state index contributed by atoms with van der Waals surface area (Å²) in [4.78, 5) is 21.3. The second-order valence-corrected chi connectivity index (χ2v) is 8.25. The van der Waals surface area contributed by atoms with Gasteiger partial charge in [-0.25, -0.2) is 4.98 Å². The van der Waals surface area contributed by atoms with Crippen molar-refractivity contribution in [1.29, 1.82) is 0 Å². The van der Waals surface area contributed by atoms with Crippen LogP contribution in [0.4, 0.5) is 0 Å². The molecule has 0 saturated carbocycles. The first-order chi connectivity index (χ1) is 15.1. The third-order valence-electron chi connectivity index (χ3n) is 5.98. The minimum absolute atomic E-state index is 0.160. The quantitative estimate of drug-likeness (QED) is 0.455. The average molecular weight is 415 g/mol. The second kappa shape index (κ2) is 7.58. The molecule has 0 fully saturated rings. The number of H-pyrrole nitrogens is 2. The highest BCUT2D eigenvalue weighted by Crippen LogP contribution is 2.38. The fraction of sp³-hybridized carbons (Fsp3) is 0.292. The molecule has 4 aromatic rings. The Balaban J connectivity index is 1.46. The number of aromatic nitrogens is 4. The Morgan fingerprint density at radius 2 is 1.90 bits per heavy atom. The lowest BCUT2D eigenvalue weighted by molar-refractivity contribution is 0.0917. The van der Waals surface area contributed by atoms with Crippen LogP contribution in [0, 0.1) is 5.92 Å². The van der Waals surface area contributed by atoms with Crippen molar-refractivity contribution in [2.75, 3.05) is 7.11 Å². The summed E-state index contributed by atoms with van der Waals surface area (Å²) in [6.07, 6.45) is 1.54. The molecular formula is C24H25N5O2. The molecule has 7 nitrogen and oxygen atoms in total. The fourth-order valence-corrected chi connectivity index (χ4v) is 4.39. The molecule has 0 saturated heterocycles. The van der Waals surface area contributed by atoms with E-state index in [9.17, 15) is 4.79 Å². The number of rotatable bonds is 5. The molecule has 7 heteroatoms. The van der Waals surface area contributed by atoms with E-state index in [0.717, 1.165) is 57.8 Å². The summed E-state index contributed by atoms with van der Waals surface area (Å²) in [5.74, 6) is 1.61. The predicted octanol–water partition coefficient (Wildman–Crippen LogP) is 4.19. The number of hydrogen-bond acceptors (Lipinski definition) is 4. The number of hydrogen-bond donors (Lipinski definition) is 3. The largest absolute Gasteiger partial charge is 0.496 e. The summed E-state index contributed by atoms with van der Waals surface area (Å²) < 4.78 is 5.51. The number of amides is 1. The van der Waals surface area contributed by atoms with E-state index in [1.807, 2.05) is 42.5 Å². The van der Waals surface area contributed by atoms with Gasteiger partial charge in [0.05, 0.1) is 29.9 Å². The van der Waals surface area contributed by atoms with Gasteiger partial charge in [-0.05, 0) is 37.0 Å². The van der Waals surface area contributed by atoms with Crippen LogP contribution >= 0.6 is 0 Å². The number of methoxy groups -OCH3 is 1. The summed E-state index contributed by atoms with van der Waals surface area (Å²) in [6.45, 7) is 4.15. The maximum absolute atomic E-state index is 13.3. The Hall–Kier alpha value is -3.61. The van der Waals surface area contributed by atoms with Crippen LogP contribution in [0.3, 0.4) is 0 Å². The molecule has 0 unspecified atom stereocenters. The van der Waals surface area contributed by atoms with Gasteiger partial charge in [-0.3, -0.25) is 9.89 Å². The fourth-order valence-electron chi connectivity index (χ4n) is 4.39. The Kier molecular flexibility index (Phi) is 4.73. The van der Waals surface area contributed by atoms with Crippen LogP contribution in [-0.4, -0.2) is 33.2 Å². The van der Waals surface area contributed by atoms with Crippen LogP contribution in [0.5, 0.6) is 5.75 Å². The Morgan fingerprint density at radius 1 is 1.10 bits per heavy atom. The molecule has 0 radical (unpaired) electrons. The molecule has 3 N–H and O–H groups in total. The van der Waals surface area contributed by atoms with Crippen molar-refractivity contribution in [3.8, 4) is 17.0 Å². The van der Waals surface area contributed by atoms with Crippen molar-refractivity contribution >= 4 is 16.9 Å². The first-order valence-corrected chi connectivity index (χ1v) is 10.6. The lowest BCUT2D eigenvalue weighted by atomic mass is 9.88. The molecule has 1 atom stereocenters. The molecule has 2 aromatic heterocycles. The zero-order chi connectivity index (χ0) is 21.5. The minimum atomic E-state index is -0.241. The first-order valence-electron chi connectivity index (χ1n) is 10.6. The summed E-state index contributed by atoms with van der Waals surface area (Å²) >= 11 is 0. The first kappa shape index (κ1) is 19.4. The van der Waals surface area contributed by atoms with Gasteiger partial charge in [0.15, 0.2) is 0 Å². The highest BCUT2D eigenvalue weighted by Gasteiger charge is 2.29. The van der Waals surface area contributed by atoms with E-state index in [1.54, 1.807) is 7.11 Å². The van der Waals surface area contributed by atoms with Crippen LogP contribution in [0.25, 0.3) is 22.3 Å². The van der Waals surface area contributed by atoms with Crippen molar-refractivity contribution in [3.63, 3.8) is 0 Å². The van der Waals surface area contributed by atoms with Gasteiger partial charge < -0.3 is 15.0 Å². The van der Waals surface area contributed by atoms with E-state index < -0.39 is 0 Å². The number of fused-ring (bicyclic) bond motifs is 4. The molecule has 1 aliphatic rings. The van der Waals surface area contributed by atoms with Gasteiger partial charge in [-0.15, -0.1) is 0 Å². The number of imidazole rings is 1. The van der Waals surface area contributed by atoms with Gasteiger partial charge in [0.1, 0.15) is 17.3 Å². The van der Waals surface area contributed by atoms with Crippen LogP contribution in [0.15, 0.2) is 42.5 Å². The number of nitrogens with one attached hydrogen (secondary N) is 3. The van der Waals surface area contributed by atoms with Crippen molar-refractivity contribution in [1.82, 2.24) is 25.5 Å². The van der Waals surface area contributed by atoms with Gasteiger partial charge >= 0.3 is 0 Å². The Morgan fingerprint density at radius 3 is 2.68 bits per heavy atom. The molecule has 1 amide bonds. The zero-order valence-electron chi connectivity index (χ0n) is 17.8. The Labute approximate surface area is 180 Å². The van der Waals surface area contributed by atoms with Crippen molar-refractivity contribution < 1.29 is 9.53 Å². The monoisotopic (exact) mass is 415 g/mol. The SMILES string of the molecule is COc1cccc2c1CCc1c-2n[nH]c1C(=O)N[C@H](c1nc2ccccc2[nH]1)C(C)C. The number of para-hydroxylation sites is 2. The second-order valence-electron chi connectivity index (χ2n) is 8.25. The normalized spacial score (nSPS) is 13.7. The molecule has 2 heterocycles. The van der Waals surface area contributed by atoms with Crippen LogP contribution in [0.1, 0.15) is 47.3 Å². The number of carbonyl (C=O) groups is 1. The Bertz CT molecular complexity index is 1240. The highest BCUT2D eigenvalue weighted by atomic mass is 16.5. The third kappa shape index (κ3) is 3.26. The molecule has 2 aromatic carbocycles. The van der Waals surface area contributed by atoms with Gasteiger partial charge in [-0.2, -0.15) is 5.10 Å². The van der Waals surface area contributed by atoms with Crippen LogP contribution < -0.4 is 10.1 Å². The lowest BCUT2D eigenvalue weighted by Crippen LogP contribution is -2.33. The smallest absolute Gasteiger partial charge is 0.270 e. The lowest BCUT2D eigenvalue weighted by Gasteiger charge is -2.21. The molecule has 0 aliphatic heterocycles. The molecule has 1 aliphatic carbocycles. The summed E-state index contributed by atoms with van der Waals surface area (Å²) in [5, 5.41) is 10.6. The molecule has 0 spiro atoms. The number of nitrogens with zero attached hydrogens (tertiary/aromatic N) is 2. The highest BCUT2D eigenvalue weighted by molar-refractivity contribution is 5.96. The predicted molar refractivity (Wildman–Crippen MR) is 119 cm³/mol. The zero-order valence-corrected chi connectivity index (χ0v) is 17.8. The summed E-state index contributed by atoms with van der Waals surface area (Å²) in [5.41, 5.74) is 6.31. The maximum atomic E-state index is 13.3. The van der Waals surface area contributed by atoms with E-state index in [4.69, 9.17) is 9.72 Å². The van der Waals surface area contributed by atoms with Gasteiger partial charge in [0.2, 0.25) is 0 Å². The minimum Gasteiger partial charge on any atom is -0.496 e.